The van der Waals surface area contributed by atoms with E-state index in [1.165, 1.54) is 0 Å². The van der Waals surface area contributed by atoms with Gasteiger partial charge in [-0.1, -0.05) is 67.7 Å². The Bertz CT molecular complexity index is 1230. The summed E-state index contributed by atoms with van der Waals surface area (Å²) in [6.45, 7) is 14.8. The Balaban J connectivity index is 2.39. The number of para-hydroxylation sites is 1. The van der Waals surface area contributed by atoms with Crippen LogP contribution in [0.2, 0.25) is 33.2 Å². The van der Waals surface area contributed by atoms with Gasteiger partial charge in [0.25, 0.3) is 0 Å². The summed E-state index contributed by atoms with van der Waals surface area (Å²) >= 11 is 19.8. The highest BCUT2D eigenvalue weighted by Crippen LogP contribution is 2.38. The van der Waals surface area contributed by atoms with Crippen molar-refractivity contribution in [3.8, 4) is 5.69 Å². The van der Waals surface area contributed by atoms with E-state index in [1.54, 1.807) is 36.5 Å². The molecule has 0 atom stereocenters. The van der Waals surface area contributed by atoms with Crippen LogP contribution in [0.4, 0.5) is 0 Å². The maximum Gasteiger partial charge on any atom is 0.192 e. The number of nitrogens with zero attached hydrogens (tertiary/aromatic N) is 2. The highest BCUT2D eigenvalue weighted by atomic mass is 35.5. The van der Waals surface area contributed by atoms with Gasteiger partial charge in [-0.15, -0.1) is 6.58 Å². The second-order valence-corrected chi connectivity index (χ2v) is 15.3. The minimum Gasteiger partial charge on any atom is -0.411 e. The van der Waals surface area contributed by atoms with Gasteiger partial charge in [0.15, 0.2) is 13.7 Å². The van der Waals surface area contributed by atoms with Crippen molar-refractivity contribution in [3.63, 3.8) is 0 Å². The summed E-state index contributed by atoms with van der Waals surface area (Å²) in [6.07, 6.45) is 3.68. The molecule has 0 aliphatic heterocycles. The Morgan fingerprint density at radius 2 is 1.78 bits per heavy atom. The minimum atomic E-state index is -2.10. The molecule has 3 aromatic rings. The van der Waals surface area contributed by atoms with Crippen LogP contribution in [-0.2, 0) is 17.5 Å². The summed E-state index contributed by atoms with van der Waals surface area (Å²) in [5.41, 5.74) is 2.10. The molecule has 32 heavy (non-hydrogen) atoms. The number of fused-ring (bicyclic) bond motifs is 1. The lowest BCUT2D eigenvalue weighted by Crippen LogP contribution is -2.40. The van der Waals surface area contributed by atoms with Gasteiger partial charge in [0.1, 0.15) is 0 Å². The molecule has 0 N–H and O–H groups in total. The molecule has 0 saturated carbocycles. The van der Waals surface area contributed by atoms with E-state index in [0.29, 0.717) is 49.5 Å². The average Bonchev–Trinajstić information content (AvgIpc) is 2.69. The monoisotopic (exact) mass is 508 g/mol. The Morgan fingerprint density at radius 1 is 1.16 bits per heavy atom. The molecule has 170 valence electrons. The normalized spacial score (nSPS) is 12.4. The first kappa shape index (κ1) is 25.0. The lowest BCUT2D eigenvalue weighted by molar-refractivity contribution is 0.270. The molecule has 0 aliphatic rings. The molecule has 3 rings (SSSR count). The van der Waals surface area contributed by atoms with Gasteiger partial charge < -0.3 is 8.99 Å². The molecule has 2 heterocycles. The molecule has 0 unspecified atom stereocenters. The smallest absolute Gasteiger partial charge is 0.192 e. The van der Waals surface area contributed by atoms with E-state index in [2.05, 4.69) is 45.4 Å². The summed E-state index contributed by atoms with van der Waals surface area (Å²) in [7, 11) is -2.10. The molecule has 4 nitrogen and oxygen atoms in total. The summed E-state index contributed by atoms with van der Waals surface area (Å²) in [5.74, 6) is 0. The number of rotatable bonds is 6. The molecule has 0 radical (unpaired) electrons. The number of benzene rings is 1. The Hall–Kier alpha value is -1.63. The van der Waals surface area contributed by atoms with Crippen LogP contribution in [0.1, 0.15) is 32.2 Å². The molecule has 0 fully saturated rings. The van der Waals surface area contributed by atoms with E-state index in [9.17, 15) is 4.79 Å². The van der Waals surface area contributed by atoms with Crippen molar-refractivity contribution in [3.05, 3.63) is 79.8 Å². The quantitative estimate of drug-likeness (QED) is 0.254. The van der Waals surface area contributed by atoms with Crippen molar-refractivity contribution in [2.24, 2.45) is 0 Å². The van der Waals surface area contributed by atoms with Crippen LogP contribution >= 0.6 is 34.8 Å². The third-order valence-electron chi connectivity index (χ3n) is 6.03. The molecule has 0 saturated heterocycles. The number of hydrogen-bond donors (Lipinski definition) is 0. The fourth-order valence-corrected chi connectivity index (χ4v) is 4.99. The summed E-state index contributed by atoms with van der Waals surface area (Å²) in [5, 5.41) is 1.64. The van der Waals surface area contributed by atoms with Crippen LogP contribution in [0.5, 0.6) is 0 Å². The summed E-state index contributed by atoms with van der Waals surface area (Å²) in [4.78, 5) is 17.6. The predicted molar refractivity (Wildman–Crippen MR) is 138 cm³/mol. The Labute approximate surface area is 204 Å². The molecule has 0 bridgehead atoms. The average molecular weight is 510 g/mol. The van der Waals surface area contributed by atoms with Gasteiger partial charge in [0.2, 0.25) is 0 Å². The Kier molecular flexibility index (Phi) is 7.28. The molecular weight excluding hydrogens is 483 g/mol. The van der Waals surface area contributed by atoms with Gasteiger partial charge in [-0.05, 0) is 30.3 Å². The van der Waals surface area contributed by atoms with E-state index in [4.69, 9.17) is 39.2 Å². The summed E-state index contributed by atoms with van der Waals surface area (Å²) in [6, 6.07) is 6.85. The molecular formula is C24H27Cl3N2O2Si. The van der Waals surface area contributed by atoms with Crippen molar-refractivity contribution in [2.45, 2.75) is 51.9 Å². The first-order chi connectivity index (χ1) is 14.9. The SMILES string of the molecule is C=CCc1ncc(Cl)c2c1c(=O)cc(CO[Si](C)(C)C(C)(C)C)n2-c1c(Cl)cccc1Cl. The fourth-order valence-electron chi connectivity index (χ4n) is 3.25. The summed E-state index contributed by atoms with van der Waals surface area (Å²) < 4.78 is 8.30. The van der Waals surface area contributed by atoms with Gasteiger partial charge in [-0.25, -0.2) is 0 Å². The van der Waals surface area contributed by atoms with Crippen molar-refractivity contribution >= 4 is 54.0 Å². The maximum atomic E-state index is 13.3. The van der Waals surface area contributed by atoms with Crippen LogP contribution in [0.3, 0.4) is 0 Å². The number of allylic oxidation sites excluding steroid dienone is 1. The van der Waals surface area contributed by atoms with Crippen molar-refractivity contribution < 1.29 is 4.43 Å². The van der Waals surface area contributed by atoms with E-state index >= 15 is 0 Å². The largest absolute Gasteiger partial charge is 0.411 e. The van der Waals surface area contributed by atoms with Gasteiger partial charge in [-0.2, -0.15) is 0 Å². The van der Waals surface area contributed by atoms with Crippen molar-refractivity contribution in [1.82, 2.24) is 9.55 Å². The second-order valence-electron chi connectivity index (χ2n) is 9.22. The number of aromatic nitrogens is 2. The van der Waals surface area contributed by atoms with Gasteiger partial charge >= 0.3 is 0 Å². The van der Waals surface area contributed by atoms with Crippen LogP contribution in [0, 0.1) is 0 Å². The molecule has 2 aromatic heterocycles. The lowest BCUT2D eigenvalue weighted by Gasteiger charge is -2.36. The highest BCUT2D eigenvalue weighted by molar-refractivity contribution is 6.74. The van der Waals surface area contributed by atoms with Crippen molar-refractivity contribution in [1.29, 1.82) is 0 Å². The van der Waals surface area contributed by atoms with E-state index in [-0.39, 0.29) is 17.1 Å². The number of halogens is 3. The zero-order valence-corrected chi connectivity index (χ0v) is 22.2. The number of pyridine rings is 2. The first-order valence-electron chi connectivity index (χ1n) is 10.3. The third-order valence-corrected chi connectivity index (χ3v) is 11.4. The van der Waals surface area contributed by atoms with E-state index < -0.39 is 8.32 Å². The molecule has 0 spiro atoms. The highest BCUT2D eigenvalue weighted by Gasteiger charge is 2.37. The molecule has 0 aliphatic carbocycles. The zero-order valence-electron chi connectivity index (χ0n) is 18.9. The second kappa shape index (κ2) is 9.32. The van der Waals surface area contributed by atoms with Crippen LogP contribution in [0.25, 0.3) is 16.6 Å². The first-order valence-corrected chi connectivity index (χ1v) is 14.3. The molecule has 8 heteroatoms. The zero-order chi connectivity index (χ0) is 23.8. The van der Waals surface area contributed by atoms with Crippen LogP contribution in [-0.4, -0.2) is 17.9 Å². The van der Waals surface area contributed by atoms with Gasteiger partial charge in [0.05, 0.1) is 49.7 Å². The van der Waals surface area contributed by atoms with Crippen molar-refractivity contribution in [2.75, 3.05) is 0 Å². The minimum absolute atomic E-state index is 0.00963. The van der Waals surface area contributed by atoms with E-state index in [0.717, 1.165) is 0 Å². The lowest BCUT2D eigenvalue weighted by atomic mass is 10.1. The number of hydrogen-bond acceptors (Lipinski definition) is 3. The van der Waals surface area contributed by atoms with Gasteiger partial charge in [-0.3, -0.25) is 9.78 Å². The van der Waals surface area contributed by atoms with Gasteiger partial charge in [0, 0.05) is 18.7 Å². The Morgan fingerprint density at radius 3 is 2.34 bits per heavy atom. The fraction of sp³-hybridized carbons (Fsp3) is 0.333. The van der Waals surface area contributed by atoms with E-state index in [1.807, 2.05) is 4.57 Å². The topological polar surface area (TPSA) is 44.1 Å². The van der Waals surface area contributed by atoms with Crippen LogP contribution < -0.4 is 5.43 Å². The maximum absolute atomic E-state index is 13.3. The third kappa shape index (κ3) is 4.68. The van der Waals surface area contributed by atoms with Crippen LogP contribution in [0.15, 0.2) is 47.9 Å². The molecule has 1 aromatic carbocycles. The predicted octanol–water partition coefficient (Wildman–Crippen LogP) is 7.60. The molecule has 0 amide bonds. The standard InChI is InChI=1S/C24H27Cl3N2O2Si/c1-7-9-19-21-20(30)12-15(14-31-32(5,6)24(2,3)4)29(23(21)18(27)13-28-19)22-16(25)10-8-11-17(22)26/h7-8,10-13H,1,9,14H2,2-6H3.